The van der Waals surface area contributed by atoms with Crippen molar-refractivity contribution in [1.29, 1.82) is 0 Å². The van der Waals surface area contributed by atoms with E-state index in [0.717, 1.165) is 12.8 Å². The van der Waals surface area contributed by atoms with Gasteiger partial charge in [-0.25, -0.2) is 4.98 Å². The Morgan fingerprint density at radius 1 is 1.33 bits per heavy atom. The summed E-state index contributed by atoms with van der Waals surface area (Å²) < 4.78 is 13.0. The van der Waals surface area contributed by atoms with Crippen molar-refractivity contribution in [3.8, 4) is 0 Å². The van der Waals surface area contributed by atoms with E-state index in [2.05, 4.69) is 49.9 Å². The van der Waals surface area contributed by atoms with Gasteiger partial charge in [0.1, 0.15) is 5.69 Å². The fourth-order valence-corrected chi connectivity index (χ4v) is 5.48. The second-order valence-electron chi connectivity index (χ2n) is 9.64. The first-order chi connectivity index (χ1) is 12.7. The lowest BCUT2D eigenvalue weighted by atomic mass is 9.43. The molecule has 1 aromatic heterocycles. The van der Waals surface area contributed by atoms with E-state index in [0.29, 0.717) is 28.9 Å². The smallest absolute Gasteiger partial charge is 0.404 e. The molecule has 6 nitrogen and oxygen atoms in total. The van der Waals surface area contributed by atoms with Crippen LogP contribution in [0.1, 0.15) is 64.4 Å². The lowest BCUT2D eigenvalue weighted by Crippen LogP contribution is -2.65. The van der Waals surface area contributed by atoms with Crippen molar-refractivity contribution < 1.29 is 14.1 Å². The molecule has 0 unspecified atom stereocenters. The summed E-state index contributed by atoms with van der Waals surface area (Å²) in [5.74, 6) is 1.19. The highest BCUT2D eigenvalue weighted by atomic mass is 16.7. The van der Waals surface area contributed by atoms with Gasteiger partial charge < -0.3 is 14.6 Å². The minimum absolute atomic E-state index is 0.113. The summed E-state index contributed by atoms with van der Waals surface area (Å²) in [4.78, 5) is 20.7. The first-order valence-corrected chi connectivity index (χ1v) is 10.1. The summed E-state index contributed by atoms with van der Waals surface area (Å²) in [6, 6.07) is 0. The van der Waals surface area contributed by atoms with E-state index >= 15 is 0 Å². The van der Waals surface area contributed by atoms with Crippen LogP contribution in [0, 0.1) is 23.2 Å². The number of rotatable bonds is 5. The van der Waals surface area contributed by atoms with Crippen LogP contribution in [0.25, 0.3) is 0 Å². The Hall–Kier alpha value is -1.47. The second kappa shape index (κ2) is 6.55. The topological polar surface area (TPSA) is 73.3 Å². The molecule has 4 aliphatic rings. The molecule has 1 saturated heterocycles. The highest BCUT2D eigenvalue weighted by Crippen LogP contribution is 2.65. The van der Waals surface area contributed by atoms with Crippen LogP contribution >= 0.6 is 0 Å². The van der Waals surface area contributed by atoms with Crippen molar-refractivity contribution in [2.24, 2.45) is 23.2 Å². The molecule has 4 fully saturated rings. The van der Waals surface area contributed by atoms with Crippen LogP contribution in [0.15, 0.2) is 18.6 Å². The van der Waals surface area contributed by atoms with Gasteiger partial charge in [0, 0.05) is 12.4 Å². The standard InChI is InChI=1S/C20H30BN3O3/c1-12(2)8-17(24-18(25)14-11-22-6-7-23-14)21-26-16-10-13-9-15(19(13,3)4)20(16,5)27-21/h6-7,11-13,15-17H,8-10H2,1-5H3,(H,24,25)/t13-,15-,16+,17-,20-/m0/s1. The molecule has 0 radical (unpaired) electrons. The van der Waals surface area contributed by atoms with Gasteiger partial charge in [-0.15, -0.1) is 0 Å². The summed E-state index contributed by atoms with van der Waals surface area (Å²) in [5, 5.41) is 3.09. The van der Waals surface area contributed by atoms with E-state index < -0.39 is 7.12 Å². The fourth-order valence-electron chi connectivity index (χ4n) is 5.48. The second-order valence-corrected chi connectivity index (χ2v) is 9.64. The number of carbonyl (C=O) groups is 1. The van der Waals surface area contributed by atoms with E-state index in [1.54, 1.807) is 6.20 Å². The highest BCUT2D eigenvalue weighted by molar-refractivity contribution is 6.48. The van der Waals surface area contributed by atoms with Gasteiger partial charge in [-0.2, -0.15) is 0 Å². The molecule has 3 saturated carbocycles. The number of amides is 1. The van der Waals surface area contributed by atoms with Crippen LogP contribution in [0.5, 0.6) is 0 Å². The van der Waals surface area contributed by atoms with E-state index in [1.165, 1.54) is 18.8 Å². The molecule has 5 rings (SSSR count). The molecule has 146 valence electrons. The molecular weight excluding hydrogens is 341 g/mol. The molecule has 2 bridgehead atoms. The van der Waals surface area contributed by atoms with Crippen LogP contribution in [0.2, 0.25) is 0 Å². The van der Waals surface area contributed by atoms with Gasteiger partial charge in [0.15, 0.2) is 0 Å². The van der Waals surface area contributed by atoms with Gasteiger partial charge in [0.25, 0.3) is 5.91 Å². The van der Waals surface area contributed by atoms with E-state index in [1.807, 2.05) is 0 Å². The minimum Gasteiger partial charge on any atom is -0.404 e. The predicted octanol–water partition coefficient (Wildman–Crippen LogP) is 2.89. The molecule has 2 heterocycles. The zero-order chi connectivity index (χ0) is 19.4. The van der Waals surface area contributed by atoms with Gasteiger partial charge in [-0.1, -0.05) is 27.7 Å². The molecule has 3 aliphatic carbocycles. The summed E-state index contributed by atoms with van der Waals surface area (Å²) in [7, 11) is -0.418. The van der Waals surface area contributed by atoms with Crippen molar-refractivity contribution in [2.45, 2.75) is 71.5 Å². The molecule has 27 heavy (non-hydrogen) atoms. The van der Waals surface area contributed by atoms with Crippen molar-refractivity contribution in [2.75, 3.05) is 0 Å². The molecule has 0 spiro atoms. The zero-order valence-corrected chi connectivity index (χ0v) is 16.9. The number of nitrogens with zero attached hydrogens (tertiary/aromatic N) is 2. The molecule has 7 heteroatoms. The first-order valence-electron chi connectivity index (χ1n) is 10.1. The molecular formula is C20H30BN3O3. The normalized spacial score (nSPS) is 34.7. The number of carbonyl (C=O) groups excluding carboxylic acids is 1. The Labute approximate surface area is 162 Å². The van der Waals surface area contributed by atoms with Gasteiger partial charge in [0.05, 0.1) is 23.8 Å². The number of hydrogen-bond acceptors (Lipinski definition) is 5. The zero-order valence-electron chi connectivity index (χ0n) is 16.9. The Morgan fingerprint density at radius 2 is 2.11 bits per heavy atom. The molecule has 1 amide bonds. The third-order valence-electron chi connectivity index (χ3n) is 7.13. The molecule has 5 atom stereocenters. The van der Waals surface area contributed by atoms with Crippen LogP contribution in [0.4, 0.5) is 0 Å². The Kier molecular flexibility index (Phi) is 4.58. The highest BCUT2D eigenvalue weighted by Gasteiger charge is 2.68. The van der Waals surface area contributed by atoms with Crippen molar-refractivity contribution >= 4 is 13.0 Å². The molecule has 1 N–H and O–H groups in total. The SMILES string of the molecule is CC(C)C[C@H](NC(=O)c1cnccn1)B1O[C@@H]2C[C@@H]3C[C@@H](C3(C)C)[C@]2(C)O1. The van der Waals surface area contributed by atoms with Crippen LogP contribution in [-0.4, -0.2) is 40.6 Å². The monoisotopic (exact) mass is 371 g/mol. The Balaban J connectivity index is 1.51. The average Bonchev–Trinajstić information content (AvgIpc) is 2.98. The van der Waals surface area contributed by atoms with Crippen molar-refractivity contribution in [3.63, 3.8) is 0 Å². The van der Waals surface area contributed by atoms with Gasteiger partial charge in [0.2, 0.25) is 0 Å². The van der Waals surface area contributed by atoms with E-state index in [4.69, 9.17) is 9.31 Å². The predicted molar refractivity (Wildman–Crippen MR) is 103 cm³/mol. The third-order valence-corrected chi connectivity index (χ3v) is 7.13. The van der Waals surface area contributed by atoms with Crippen LogP contribution < -0.4 is 5.32 Å². The fraction of sp³-hybridized carbons (Fsp3) is 0.750. The molecule has 0 aromatic carbocycles. The Morgan fingerprint density at radius 3 is 2.74 bits per heavy atom. The lowest BCUT2D eigenvalue weighted by molar-refractivity contribution is -0.199. The largest absolute Gasteiger partial charge is 0.481 e. The van der Waals surface area contributed by atoms with E-state index in [9.17, 15) is 4.79 Å². The summed E-state index contributed by atoms with van der Waals surface area (Å²) in [6.07, 6.45) is 7.74. The number of hydrogen-bond donors (Lipinski definition) is 1. The Bertz CT molecular complexity index is 714. The lowest BCUT2D eigenvalue weighted by Gasteiger charge is -2.64. The summed E-state index contributed by atoms with van der Waals surface area (Å²) in [5.41, 5.74) is 0.353. The maximum absolute atomic E-state index is 12.6. The third kappa shape index (κ3) is 3.09. The van der Waals surface area contributed by atoms with Crippen LogP contribution in [-0.2, 0) is 9.31 Å². The maximum Gasteiger partial charge on any atom is 0.481 e. The van der Waals surface area contributed by atoms with Crippen LogP contribution in [0.3, 0.4) is 0 Å². The quantitative estimate of drug-likeness (QED) is 0.806. The van der Waals surface area contributed by atoms with Gasteiger partial charge in [-0.05, 0) is 49.4 Å². The van der Waals surface area contributed by atoms with Crippen molar-refractivity contribution in [3.05, 3.63) is 24.3 Å². The first kappa shape index (κ1) is 18.9. The average molecular weight is 371 g/mol. The maximum atomic E-state index is 12.6. The summed E-state index contributed by atoms with van der Waals surface area (Å²) in [6.45, 7) is 11.2. The summed E-state index contributed by atoms with van der Waals surface area (Å²) >= 11 is 0. The molecule has 1 aromatic rings. The minimum atomic E-state index is -0.418. The van der Waals surface area contributed by atoms with Gasteiger partial charge >= 0.3 is 7.12 Å². The van der Waals surface area contributed by atoms with Gasteiger partial charge in [-0.3, -0.25) is 9.78 Å². The number of nitrogens with one attached hydrogen (secondary N) is 1. The molecule has 1 aliphatic heterocycles. The van der Waals surface area contributed by atoms with Crippen molar-refractivity contribution in [1.82, 2.24) is 15.3 Å². The number of aromatic nitrogens is 2. The van der Waals surface area contributed by atoms with E-state index in [-0.39, 0.29) is 23.6 Å².